The number of benzene rings is 1. The number of rotatable bonds is 4. The van der Waals surface area contributed by atoms with Gasteiger partial charge in [-0.2, -0.15) is 0 Å². The van der Waals surface area contributed by atoms with Gasteiger partial charge in [0.05, 0.1) is 5.56 Å². The third-order valence-electron chi connectivity index (χ3n) is 1.38. The van der Waals surface area contributed by atoms with Gasteiger partial charge in [-0.1, -0.05) is 6.58 Å². The van der Waals surface area contributed by atoms with Crippen LogP contribution in [0.3, 0.4) is 0 Å². The van der Waals surface area contributed by atoms with Crippen molar-refractivity contribution < 1.29 is 19.7 Å². The first kappa shape index (κ1) is 10.1. The van der Waals surface area contributed by atoms with E-state index in [-0.39, 0.29) is 5.56 Å². The molecule has 1 aromatic rings. The average molecular weight is 194 g/mol. The Morgan fingerprint density at radius 2 is 1.93 bits per heavy atom. The molecule has 0 bridgehead atoms. The van der Waals surface area contributed by atoms with Crippen molar-refractivity contribution in [2.45, 2.75) is 6.92 Å². The van der Waals surface area contributed by atoms with E-state index in [1.807, 2.05) is 0 Å². The summed E-state index contributed by atoms with van der Waals surface area (Å²) in [5.41, 5.74) is 0.202. The summed E-state index contributed by atoms with van der Waals surface area (Å²) in [6, 6.07) is 5.87. The minimum absolute atomic E-state index is 0.202. The molecule has 0 fully saturated rings. The topological polar surface area (TPSA) is 55.8 Å². The Balaban J connectivity index is 2.64. The quantitative estimate of drug-likeness (QED) is 0.453. The van der Waals surface area contributed by atoms with E-state index in [0.717, 1.165) is 0 Å². The van der Waals surface area contributed by atoms with E-state index >= 15 is 0 Å². The zero-order valence-electron chi connectivity index (χ0n) is 7.69. The fourth-order valence-electron chi connectivity index (χ4n) is 0.772. The van der Waals surface area contributed by atoms with E-state index in [2.05, 4.69) is 11.5 Å². The third-order valence-corrected chi connectivity index (χ3v) is 1.38. The molecule has 4 heteroatoms. The number of hydrogen-bond donors (Lipinski definition) is 1. The smallest absolute Gasteiger partial charge is 0.335 e. The molecule has 0 aliphatic heterocycles. The molecule has 0 spiro atoms. The zero-order chi connectivity index (χ0) is 10.6. The van der Waals surface area contributed by atoms with Gasteiger partial charge in [0.2, 0.25) is 0 Å². The first-order chi connectivity index (χ1) is 6.59. The van der Waals surface area contributed by atoms with E-state index in [9.17, 15) is 4.79 Å². The molecule has 1 aromatic carbocycles. The third kappa shape index (κ3) is 2.82. The Bertz CT molecular complexity index is 340. The Labute approximate surface area is 81.3 Å². The van der Waals surface area contributed by atoms with Gasteiger partial charge in [-0.3, -0.25) is 9.78 Å². The molecule has 0 unspecified atom stereocenters. The zero-order valence-corrected chi connectivity index (χ0v) is 7.69. The molecule has 14 heavy (non-hydrogen) atoms. The molecule has 1 rings (SSSR count). The van der Waals surface area contributed by atoms with Crippen LogP contribution in [0.5, 0.6) is 5.75 Å². The highest BCUT2D eigenvalue weighted by molar-refractivity contribution is 5.87. The van der Waals surface area contributed by atoms with E-state index in [1.165, 1.54) is 24.3 Å². The summed E-state index contributed by atoms with van der Waals surface area (Å²) in [4.78, 5) is 20.0. The van der Waals surface area contributed by atoms with Crippen molar-refractivity contribution in [3.63, 3.8) is 0 Å². The van der Waals surface area contributed by atoms with Crippen molar-refractivity contribution in [1.29, 1.82) is 0 Å². The van der Waals surface area contributed by atoms with Gasteiger partial charge in [0.1, 0.15) is 5.76 Å². The molecule has 0 amide bonds. The molecule has 0 saturated carbocycles. The van der Waals surface area contributed by atoms with Crippen molar-refractivity contribution in [2.24, 2.45) is 0 Å². The Morgan fingerprint density at radius 1 is 1.36 bits per heavy atom. The molecule has 0 heterocycles. The molecule has 0 aliphatic carbocycles. The summed E-state index contributed by atoms with van der Waals surface area (Å²) in [5.74, 6) is -0.123. The monoisotopic (exact) mass is 194 g/mol. The number of carbonyl (C=O) groups is 1. The van der Waals surface area contributed by atoms with Crippen molar-refractivity contribution in [1.82, 2.24) is 0 Å². The molecule has 74 valence electrons. The number of allylic oxidation sites excluding steroid dienone is 1. The molecule has 0 atom stereocenters. The molecular weight excluding hydrogens is 184 g/mol. The van der Waals surface area contributed by atoms with Crippen LogP contribution in [0.15, 0.2) is 36.6 Å². The SMILES string of the molecule is C=C(C)OOc1ccc(C(=O)O)cc1. The molecule has 0 radical (unpaired) electrons. The van der Waals surface area contributed by atoms with Crippen molar-refractivity contribution in [3.8, 4) is 5.75 Å². The Kier molecular flexibility index (Phi) is 3.12. The first-order valence-electron chi connectivity index (χ1n) is 3.93. The maximum atomic E-state index is 10.5. The maximum Gasteiger partial charge on any atom is 0.335 e. The van der Waals surface area contributed by atoms with E-state index in [0.29, 0.717) is 11.5 Å². The lowest BCUT2D eigenvalue weighted by Crippen LogP contribution is -1.97. The van der Waals surface area contributed by atoms with E-state index in [1.54, 1.807) is 6.92 Å². The van der Waals surface area contributed by atoms with E-state index in [4.69, 9.17) is 9.99 Å². The molecule has 0 aliphatic rings. The summed E-state index contributed by atoms with van der Waals surface area (Å²) in [5, 5.41) is 8.61. The number of carboxylic acid groups (broad SMARTS) is 1. The second kappa shape index (κ2) is 4.32. The van der Waals surface area contributed by atoms with Gasteiger partial charge < -0.3 is 5.11 Å². The predicted molar refractivity (Wildman–Crippen MR) is 49.9 cm³/mol. The van der Waals surface area contributed by atoms with Gasteiger partial charge in [0.15, 0.2) is 5.75 Å². The summed E-state index contributed by atoms with van der Waals surface area (Å²) >= 11 is 0. The predicted octanol–water partition coefficient (Wildman–Crippen LogP) is 2.23. The van der Waals surface area contributed by atoms with Crippen LogP contribution < -0.4 is 4.89 Å². The number of carboxylic acids is 1. The van der Waals surface area contributed by atoms with Gasteiger partial charge in [-0.15, -0.1) is 0 Å². The van der Waals surface area contributed by atoms with Crippen LogP contribution in [0.25, 0.3) is 0 Å². The standard InChI is InChI=1S/C10H10O4/c1-7(2)13-14-9-5-3-8(4-6-9)10(11)12/h3-6H,1H2,2H3,(H,11,12). The summed E-state index contributed by atoms with van der Waals surface area (Å²) in [6.45, 7) is 5.12. The van der Waals surface area contributed by atoms with Gasteiger partial charge in [-0.05, 0) is 31.2 Å². The van der Waals surface area contributed by atoms with Gasteiger partial charge in [0.25, 0.3) is 0 Å². The summed E-state index contributed by atoms with van der Waals surface area (Å²) in [6.07, 6.45) is 0. The Hall–Kier alpha value is -1.97. The summed E-state index contributed by atoms with van der Waals surface area (Å²) < 4.78 is 0. The second-order valence-electron chi connectivity index (χ2n) is 2.70. The van der Waals surface area contributed by atoms with Crippen LogP contribution in [-0.4, -0.2) is 11.1 Å². The highest BCUT2D eigenvalue weighted by Crippen LogP contribution is 2.13. The second-order valence-corrected chi connectivity index (χ2v) is 2.70. The largest absolute Gasteiger partial charge is 0.478 e. The molecule has 0 saturated heterocycles. The minimum Gasteiger partial charge on any atom is -0.478 e. The fraction of sp³-hybridized carbons (Fsp3) is 0.100. The van der Waals surface area contributed by atoms with Crippen molar-refractivity contribution in [3.05, 3.63) is 42.2 Å². The highest BCUT2D eigenvalue weighted by atomic mass is 17.2. The van der Waals surface area contributed by atoms with Gasteiger partial charge >= 0.3 is 5.97 Å². The lowest BCUT2D eigenvalue weighted by atomic mass is 10.2. The van der Waals surface area contributed by atoms with Gasteiger partial charge in [0, 0.05) is 0 Å². The van der Waals surface area contributed by atoms with Crippen LogP contribution in [0.1, 0.15) is 17.3 Å². The number of hydrogen-bond acceptors (Lipinski definition) is 3. The van der Waals surface area contributed by atoms with E-state index < -0.39 is 5.97 Å². The van der Waals surface area contributed by atoms with Crippen molar-refractivity contribution in [2.75, 3.05) is 0 Å². The van der Waals surface area contributed by atoms with Crippen LogP contribution in [0, 0.1) is 0 Å². The molecule has 4 nitrogen and oxygen atoms in total. The Morgan fingerprint density at radius 3 is 2.36 bits per heavy atom. The lowest BCUT2D eigenvalue weighted by Gasteiger charge is -2.04. The maximum absolute atomic E-state index is 10.5. The summed E-state index contributed by atoms with van der Waals surface area (Å²) in [7, 11) is 0. The number of aromatic carboxylic acids is 1. The van der Waals surface area contributed by atoms with Gasteiger partial charge in [-0.25, -0.2) is 4.79 Å². The van der Waals surface area contributed by atoms with Crippen LogP contribution in [-0.2, 0) is 4.89 Å². The molecule has 1 N–H and O–H groups in total. The lowest BCUT2D eigenvalue weighted by molar-refractivity contribution is -0.164. The normalized spacial score (nSPS) is 9.21. The van der Waals surface area contributed by atoms with Crippen LogP contribution in [0.4, 0.5) is 0 Å². The highest BCUT2D eigenvalue weighted by Gasteiger charge is 2.02. The minimum atomic E-state index is -0.975. The first-order valence-corrected chi connectivity index (χ1v) is 3.93. The van der Waals surface area contributed by atoms with Crippen LogP contribution in [0.2, 0.25) is 0 Å². The molecule has 0 aromatic heterocycles. The van der Waals surface area contributed by atoms with Crippen LogP contribution >= 0.6 is 0 Å². The van der Waals surface area contributed by atoms with Crippen molar-refractivity contribution >= 4 is 5.97 Å². The molecular formula is C10H10O4. The fourth-order valence-corrected chi connectivity index (χ4v) is 0.772. The average Bonchev–Trinajstić information content (AvgIpc) is 2.15.